The zero-order valence-corrected chi connectivity index (χ0v) is 22.8. The van der Waals surface area contributed by atoms with Crippen molar-refractivity contribution in [2.45, 2.75) is 58.3 Å². The molecule has 1 aromatic heterocycles. The number of aromatic nitrogens is 2. The van der Waals surface area contributed by atoms with Crippen LogP contribution in [0.4, 0.5) is 0 Å². The maximum absolute atomic E-state index is 12.5. The third-order valence-corrected chi connectivity index (χ3v) is 10.6. The molecule has 0 N–H and O–H groups in total. The van der Waals surface area contributed by atoms with Crippen LogP contribution in [-0.2, 0) is 9.53 Å². The molecular formula is C30H33BrN2O3. The molecule has 1 aromatic carbocycles. The number of halogens is 1. The molecule has 0 spiro atoms. The second kappa shape index (κ2) is 8.54. The lowest BCUT2D eigenvalue weighted by Gasteiger charge is -2.57. The average molecular weight is 550 g/mol. The maximum atomic E-state index is 12.5. The maximum Gasteiger partial charge on any atom is 0.358 e. The third-order valence-electron chi connectivity index (χ3n) is 10.1. The quantitative estimate of drug-likeness (QED) is 0.395. The number of allylic oxidation sites excluding steroid dienone is 4. The van der Waals surface area contributed by atoms with Crippen LogP contribution < -0.4 is 0 Å². The lowest BCUT2D eigenvalue weighted by molar-refractivity contribution is -0.111. The van der Waals surface area contributed by atoms with Crippen LogP contribution in [-0.4, -0.2) is 28.6 Å². The molecule has 2 aromatic rings. The standard InChI is InChI=1S/C30H33BrN2O3/c1-29-14-12-21(34)16-18(29)4-9-22-23-10-11-25(30(23,2)15-13-24(22)29)27-17-26(28(35)36-3)32-33(27)20-7-5-19(31)6-8-20/h5-8,12,14,16-17,22-25H,4,9-11,13,15H2,1-3H3/t22-,23-,24-,25+,29-,30-/m0/s1. The third kappa shape index (κ3) is 3.51. The number of carbonyl (C=O) groups excluding carboxylic acids is 2. The summed E-state index contributed by atoms with van der Waals surface area (Å²) in [6.45, 7) is 4.84. The molecule has 0 bridgehead atoms. The normalized spacial score (nSPS) is 35.0. The first-order chi connectivity index (χ1) is 17.2. The molecule has 0 saturated heterocycles. The number of methoxy groups -OCH3 is 1. The molecule has 6 heteroatoms. The van der Waals surface area contributed by atoms with Gasteiger partial charge < -0.3 is 4.74 Å². The van der Waals surface area contributed by atoms with E-state index in [0.717, 1.165) is 41.5 Å². The molecule has 3 saturated carbocycles. The summed E-state index contributed by atoms with van der Waals surface area (Å²) in [7, 11) is 1.41. The average Bonchev–Trinajstić information content (AvgIpc) is 3.45. The van der Waals surface area contributed by atoms with Crippen LogP contribution >= 0.6 is 15.9 Å². The van der Waals surface area contributed by atoms with Gasteiger partial charge in [-0.3, -0.25) is 4.79 Å². The first-order valence-corrected chi connectivity index (χ1v) is 13.9. The predicted octanol–water partition coefficient (Wildman–Crippen LogP) is 6.81. The van der Waals surface area contributed by atoms with Crippen LogP contribution in [0, 0.1) is 28.6 Å². The van der Waals surface area contributed by atoms with Gasteiger partial charge in [-0.15, -0.1) is 0 Å². The van der Waals surface area contributed by atoms with E-state index in [1.807, 2.05) is 41.1 Å². The van der Waals surface area contributed by atoms with Crippen molar-refractivity contribution in [2.24, 2.45) is 28.6 Å². The molecule has 4 aliphatic rings. The van der Waals surface area contributed by atoms with E-state index in [4.69, 9.17) is 9.84 Å². The number of hydrogen-bond acceptors (Lipinski definition) is 4. The van der Waals surface area contributed by atoms with Gasteiger partial charge in [0.05, 0.1) is 12.8 Å². The fourth-order valence-corrected chi connectivity index (χ4v) is 8.59. The monoisotopic (exact) mass is 548 g/mol. The summed E-state index contributed by atoms with van der Waals surface area (Å²) in [6, 6.07) is 10.1. The molecule has 4 aliphatic carbocycles. The van der Waals surface area contributed by atoms with Gasteiger partial charge in [0.1, 0.15) is 0 Å². The van der Waals surface area contributed by atoms with Gasteiger partial charge in [-0.2, -0.15) is 5.10 Å². The van der Waals surface area contributed by atoms with Crippen LogP contribution in [0.15, 0.2) is 58.6 Å². The molecule has 0 radical (unpaired) electrons. The minimum atomic E-state index is -0.395. The second-order valence-electron chi connectivity index (χ2n) is 11.6. The van der Waals surface area contributed by atoms with E-state index in [1.54, 1.807) is 6.08 Å². The number of ketones is 1. The van der Waals surface area contributed by atoms with E-state index >= 15 is 0 Å². The largest absolute Gasteiger partial charge is 0.464 e. The summed E-state index contributed by atoms with van der Waals surface area (Å²) < 4.78 is 8.02. The Kier molecular flexibility index (Phi) is 5.67. The van der Waals surface area contributed by atoms with Crippen LogP contribution in [0.5, 0.6) is 0 Å². The Balaban J connectivity index is 1.37. The second-order valence-corrected chi connectivity index (χ2v) is 12.5. The van der Waals surface area contributed by atoms with Crippen molar-refractivity contribution in [2.75, 3.05) is 7.11 Å². The van der Waals surface area contributed by atoms with Crippen LogP contribution in [0.2, 0.25) is 0 Å². The Hall–Kier alpha value is -2.47. The number of ether oxygens (including phenoxy) is 1. The van der Waals surface area contributed by atoms with Gasteiger partial charge in [0.2, 0.25) is 0 Å². The summed E-state index contributed by atoms with van der Waals surface area (Å²) in [6.07, 6.45) is 12.7. The molecule has 0 amide bonds. The van der Waals surface area contributed by atoms with Crippen LogP contribution in [0.25, 0.3) is 5.69 Å². The van der Waals surface area contributed by atoms with Crippen molar-refractivity contribution in [1.82, 2.24) is 9.78 Å². The molecule has 6 atom stereocenters. The van der Waals surface area contributed by atoms with E-state index < -0.39 is 5.97 Å². The Bertz CT molecular complexity index is 1290. The SMILES string of the molecule is COC(=O)c1cc([C@H]2CC[C@H]3[C@@H]4CCC5=CC(=O)C=C[C@]5(C)[C@H]4CC[C@]23C)n(-c2ccc(Br)cc2)n1. The molecule has 3 fully saturated rings. The molecule has 0 unspecified atom stereocenters. The number of esters is 1. The van der Waals surface area contributed by atoms with Crippen LogP contribution in [0.1, 0.15) is 74.5 Å². The van der Waals surface area contributed by atoms with Gasteiger partial charge in [-0.1, -0.05) is 41.4 Å². The molecular weight excluding hydrogens is 516 g/mol. The summed E-state index contributed by atoms with van der Waals surface area (Å²) in [5, 5.41) is 4.73. The van der Waals surface area contributed by atoms with E-state index in [0.29, 0.717) is 29.4 Å². The predicted molar refractivity (Wildman–Crippen MR) is 142 cm³/mol. The van der Waals surface area contributed by atoms with E-state index in [-0.39, 0.29) is 16.6 Å². The summed E-state index contributed by atoms with van der Waals surface area (Å²) in [5.74, 6) is 1.93. The highest BCUT2D eigenvalue weighted by Crippen LogP contribution is 2.67. The van der Waals surface area contributed by atoms with Crippen molar-refractivity contribution in [3.8, 4) is 5.69 Å². The van der Waals surface area contributed by atoms with E-state index in [1.165, 1.54) is 25.5 Å². The summed E-state index contributed by atoms with van der Waals surface area (Å²) >= 11 is 3.53. The Morgan fingerprint density at radius 3 is 2.64 bits per heavy atom. The lowest BCUT2D eigenvalue weighted by Crippen LogP contribution is -2.49. The van der Waals surface area contributed by atoms with Gasteiger partial charge in [0.25, 0.3) is 0 Å². The number of benzene rings is 1. The first-order valence-electron chi connectivity index (χ1n) is 13.1. The molecule has 1 heterocycles. The highest BCUT2D eigenvalue weighted by atomic mass is 79.9. The van der Waals surface area contributed by atoms with Crippen molar-refractivity contribution in [1.29, 1.82) is 0 Å². The number of rotatable bonds is 3. The summed E-state index contributed by atoms with van der Waals surface area (Å²) in [5.41, 5.74) is 3.94. The number of hydrogen-bond donors (Lipinski definition) is 0. The number of carbonyl (C=O) groups is 2. The van der Waals surface area contributed by atoms with Gasteiger partial charge in [-0.25, -0.2) is 9.48 Å². The Labute approximate surface area is 221 Å². The zero-order chi connectivity index (χ0) is 25.2. The Morgan fingerprint density at radius 2 is 1.89 bits per heavy atom. The molecule has 36 heavy (non-hydrogen) atoms. The Morgan fingerprint density at radius 1 is 1.11 bits per heavy atom. The van der Waals surface area contributed by atoms with E-state index in [2.05, 4.69) is 35.9 Å². The highest BCUT2D eigenvalue weighted by Gasteiger charge is 2.59. The summed E-state index contributed by atoms with van der Waals surface area (Å²) in [4.78, 5) is 24.6. The smallest absolute Gasteiger partial charge is 0.358 e. The highest BCUT2D eigenvalue weighted by molar-refractivity contribution is 9.10. The minimum Gasteiger partial charge on any atom is -0.464 e. The van der Waals surface area contributed by atoms with Gasteiger partial charge in [0.15, 0.2) is 11.5 Å². The fourth-order valence-electron chi connectivity index (χ4n) is 8.32. The van der Waals surface area contributed by atoms with Gasteiger partial charge >= 0.3 is 5.97 Å². The lowest BCUT2D eigenvalue weighted by atomic mass is 9.47. The molecule has 5 nitrogen and oxygen atoms in total. The molecule has 6 rings (SSSR count). The van der Waals surface area contributed by atoms with Gasteiger partial charge in [0, 0.05) is 21.5 Å². The topological polar surface area (TPSA) is 61.2 Å². The van der Waals surface area contributed by atoms with Crippen molar-refractivity contribution < 1.29 is 14.3 Å². The van der Waals surface area contributed by atoms with Crippen molar-refractivity contribution in [3.05, 3.63) is 70.0 Å². The van der Waals surface area contributed by atoms with Gasteiger partial charge in [-0.05, 0) is 104 Å². The zero-order valence-electron chi connectivity index (χ0n) is 21.2. The van der Waals surface area contributed by atoms with Crippen LogP contribution in [0.3, 0.4) is 0 Å². The first kappa shape index (κ1) is 23.9. The number of fused-ring (bicyclic) bond motifs is 5. The van der Waals surface area contributed by atoms with Crippen molar-refractivity contribution in [3.63, 3.8) is 0 Å². The fraction of sp³-hybridized carbons (Fsp3) is 0.500. The number of nitrogens with zero attached hydrogens (tertiary/aromatic N) is 2. The minimum absolute atomic E-state index is 0.00744. The molecule has 188 valence electrons. The molecule has 0 aliphatic heterocycles. The van der Waals surface area contributed by atoms with E-state index in [9.17, 15) is 9.59 Å². The van der Waals surface area contributed by atoms with Crippen molar-refractivity contribution >= 4 is 27.7 Å².